The first-order valence-corrected chi connectivity index (χ1v) is 6.04. The fourth-order valence-electron chi connectivity index (χ4n) is 1.61. The van der Waals surface area contributed by atoms with Crippen LogP contribution in [0.4, 0.5) is 5.82 Å². The van der Waals surface area contributed by atoms with E-state index in [9.17, 15) is 0 Å². The van der Waals surface area contributed by atoms with E-state index in [-0.39, 0.29) is 0 Å². The Bertz CT molecular complexity index is 549. The quantitative estimate of drug-likeness (QED) is 0.789. The standard InChI is InChI=1S/C12H15N5S/c1-17-8-9(7-15-17)5-6-14-11-4-2-3-10(16-11)12(13)18/h2-4,7-8H,5-6H2,1H3,(H2,13,18)(H,14,16). The van der Waals surface area contributed by atoms with Gasteiger partial charge in [0.15, 0.2) is 0 Å². The van der Waals surface area contributed by atoms with Gasteiger partial charge in [0.1, 0.15) is 10.8 Å². The summed E-state index contributed by atoms with van der Waals surface area (Å²) in [5.41, 5.74) is 7.36. The van der Waals surface area contributed by atoms with Crippen molar-refractivity contribution in [1.29, 1.82) is 0 Å². The predicted octanol–water partition coefficient (Wildman–Crippen LogP) is 1.10. The highest BCUT2D eigenvalue weighted by atomic mass is 32.1. The molecule has 0 saturated heterocycles. The summed E-state index contributed by atoms with van der Waals surface area (Å²) in [7, 11) is 1.91. The second kappa shape index (κ2) is 5.59. The van der Waals surface area contributed by atoms with Crippen molar-refractivity contribution in [2.75, 3.05) is 11.9 Å². The Morgan fingerprint density at radius 1 is 1.50 bits per heavy atom. The molecule has 0 aliphatic carbocycles. The Hall–Kier alpha value is -1.95. The number of nitrogens with zero attached hydrogens (tertiary/aromatic N) is 3. The number of hydrogen-bond donors (Lipinski definition) is 2. The highest BCUT2D eigenvalue weighted by molar-refractivity contribution is 7.80. The van der Waals surface area contributed by atoms with Crippen LogP contribution in [0.3, 0.4) is 0 Å². The number of aromatic nitrogens is 3. The molecule has 5 nitrogen and oxygen atoms in total. The van der Waals surface area contributed by atoms with Gasteiger partial charge in [0, 0.05) is 19.8 Å². The van der Waals surface area contributed by atoms with Crippen molar-refractivity contribution in [3.05, 3.63) is 41.9 Å². The van der Waals surface area contributed by atoms with Crippen LogP contribution in [0, 0.1) is 0 Å². The van der Waals surface area contributed by atoms with Crippen molar-refractivity contribution in [2.24, 2.45) is 12.8 Å². The van der Waals surface area contributed by atoms with E-state index in [1.807, 2.05) is 31.6 Å². The molecule has 0 fully saturated rings. The van der Waals surface area contributed by atoms with Crippen LogP contribution in [0.2, 0.25) is 0 Å². The van der Waals surface area contributed by atoms with Crippen LogP contribution in [-0.4, -0.2) is 26.3 Å². The van der Waals surface area contributed by atoms with Gasteiger partial charge >= 0.3 is 0 Å². The Morgan fingerprint density at radius 2 is 2.33 bits per heavy atom. The number of aryl methyl sites for hydroxylation is 1. The summed E-state index contributed by atoms with van der Waals surface area (Å²) in [6.07, 6.45) is 4.76. The highest BCUT2D eigenvalue weighted by Crippen LogP contribution is 2.05. The molecule has 0 amide bonds. The fraction of sp³-hybridized carbons (Fsp3) is 0.250. The predicted molar refractivity (Wildman–Crippen MR) is 75.5 cm³/mol. The summed E-state index contributed by atoms with van der Waals surface area (Å²) in [6, 6.07) is 5.58. The number of thiocarbonyl (C=S) groups is 1. The molecular formula is C12H15N5S. The summed E-state index contributed by atoms with van der Waals surface area (Å²) in [5.74, 6) is 0.782. The van der Waals surface area contributed by atoms with Crippen molar-refractivity contribution < 1.29 is 0 Å². The van der Waals surface area contributed by atoms with Crippen LogP contribution in [0.5, 0.6) is 0 Å². The molecule has 94 valence electrons. The minimum Gasteiger partial charge on any atom is -0.388 e. The van der Waals surface area contributed by atoms with Gasteiger partial charge in [-0.05, 0) is 24.1 Å². The number of hydrogen-bond acceptors (Lipinski definition) is 4. The average molecular weight is 261 g/mol. The molecule has 0 bridgehead atoms. The third-order valence-corrected chi connectivity index (χ3v) is 2.69. The van der Waals surface area contributed by atoms with E-state index < -0.39 is 0 Å². The normalized spacial score (nSPS) is 10.3. The molecule has 0 aliphatic heterocycles. The van der Waals surface area contributed by atoms with Gasteiger partial charge in [-0.1, -0.05) is 18.3 Å². The maximum atomic E-state index is 5.54. The van der Waals surface area contributed by atoms with Crippen LogP contribution in [0.1, 0.15) is 11.3 Å². The van der Waals surface area contributed by atoms with Crippen molar-refractivity contribution in [1.82, 2.24) is 14.8 Å². The zero-order valence-corrected chi connectivity index (χ0v) is 10.9. The lowest BCUT2D eigenvalue weighted by Crippen LogP contribution is -2.13. The minimum absolute atomic E-state index is 0.311. The molecule has 0 unspecified atom stereocenters. The summed E-state index contributed by atoms with van der Waals surface area (Å²) < 4.78 is 1.79. The van der Waals surface area contributed by atoms with E-state index >= 15 is 0 Å². The first-order valence-electron chi connectivity index (χ1n) is 5.63. The molecule has 0 aromatic carbocycles. The summed E-state index contributed by atoms with van der Waals surface area (Å²) in [4.78, 5) is 4.62. The second-order valence-electron chi connectivity index (χ2n) is 3.97. The first-order chi connectivity index (χ1) is 8.65. The molecule has 2 aromatic heterocycles. The van der Waals surface area contributed by atoms with Crippen LogP contribution in [0.15, 0.2) is 30.6 Å². The molecule has 6 heteroatoms. The van der Waals surface area contributed by atoms with Crippen LogP contribution < -0.4 is 11.1 Å². The largest absolute Gasteiger partial charge is 0.388 e. The Kier molecular flexibility index (Phi) is 3.88. The number of nitrogens with two attached hydrogens (primary N) is 1. The summed E-state index contributed by atoms with van der Waals surface area (Å²) >= 11 is 4.89. The number of nitrogens with one attached hydrogen (secondary N) is 1. The van der Waals surface area contributed by atoms with Crippen molar-refractivity contribution in [3.63, 3.8) is 0 Å². The highest BCUT2D eigenvalue weighted by Gasteiger charge is 2.00. The first kappa shape index (κ1) is 12.5. The minimum atomic E-state index is 0.311. The Morgan fingerprint density at radius 3 is 3.00 bits per heavy atom. The third kappa shape index (κ3) is 3.27. The maximum Gasteiger partial charge on any atom is 0.126 e. The third-order valence-electron chi connectivity index (χ3n) is 2.48. The molecule has 2 heterocycles. The monoisotopic (exact) mass is 261 g/mol. The van der Waals surface area contributed by atoms with E-state index in [1.54, 1.807) is 10.7 Å². The van der Waals surface area contributed by atoms with E-state index in [0.717, 1.165) is 18.8 Å². The van der Waals surface area contributed by atoms with Crippen molar-refractivity contribution in [3.8, 4) is 0 Å². The van der Waals surface area contributed by atoms with Gasteiger partial charge in [0.2, 0.25) is 0 Å². The number of rotatable bonds is 5. The molecule has 2 aromatic rings. The van der Waals surface area contributed by atoms with E-state index in [2.05, 4.69) is 15.4 Å². The topological polar surface area (TPSA) is 68.8 Å². The zero-order valence-electron chi connectivity index (χ0n) is 10.1. The lowest BCUT2D eigenvalue weighted by atomic mass is 10.2. The van der Waals surface area contributed by atoms with Gasteiger partial charge in [0.25, 0.3) is 0 Å². The second-order valence-corrected chi connectivity index (χ2v) is 4.41. The molecule has 0 saturated carbocycles. The molecule has 18 heavy (non-hydrogen) atoms. The molecule has 0 atom stereocenters. The van der Waals surface area contributed by atoms with Gasteiger partial charge < -0.3 is 11.1 Å². The van der Waals surface area contributed by atoms with Crippen LogP contribution in [0.25, 0.3) is 0 Å². The van der Waals surface area contributed by atoms with Gasteiger partial charge in [-0.2, -0.15) is 5.10 Å². The van der Waals surface area contributed by atoms with E-state index in [0.29, 0.717) is 10.7 Å². The van der Waals surface area contributed by atoms with Crippen molar-refractivity contribution >= 4 is 23.0 Å². The Balaban J connectivity index is 1.90. The molecule has 3 N–H and O–H groups in total. The molecule has 0 aliphatic rings. The maximum absolute atomic E-state index is 5.54. The fourth-order valence-corrected chi connectivity index (χ4v) is 1.72. The van der Waals surface area contributed by atoms with Gasteiger partial charge in [-0.25, -0.2) is 4.98 Å². The number of anilines is 1. The smallest absolute Gasteiger partial charge is 0.126 e. The van der Waals surface area contributed by atoms with Gasteiger partial charge in [-0.15, -0.1) is 0 Å². The summed E-state index contributed by atoms with van der Waals surface area (Å²) in [5, 5.41) is 7.35. The van der Waals surface area contributed by atoms with Gasteiger partial charge in [0.05, 0.1) is 11.9 Å². The zero-order chi connectivity index (χ0) is 13.0. The lowest BCUT2D eigenvalue weighted by Gasteiger charge is -2.05. The SMILES string of the molecule is Cn1cc(CCNc2cccc(C(N)=S)n2)cn1. The molecule has 2 rings (SSSR count). The Labute approximate surface area is 111 Å². The average Bonchev–Trinajstić information content (AvgIpc) is 2.75. The molecular weight excluding hydrogens is 246 g/mol. The van der Waals surface area contributed by atoms with E-state index in [1.165, 1.54) is 5.56 Å². The van der Waals surface area contributed by atoms with Crippen molar-refractivity contribution in [2.45, 2.75) is 6.42 Å². The summed E-state index contributed by atoms with van der Waals surface area (Å²) in [6.45, 7) is 0.791. The van der Waals surface area contributed by atoms with Crippen LogP contribution in [-0.2, 0) is 13.5 Å². The van der Waals surface area contributed by atoms with Gasteiger partial charge in [-0.3, -0.25) is 4.68 Å². The lowest BCUT2D eigenvalue weighted by molar-refractivity contribution is 0.767. The molecule has 0 radical (unpaired) electrons. The molecule has 0 spiro atoms. The number of pyridine rings is 1. The van der Waals surface area contributed by atoms with E-state index in [4.69, 9.17) is 18.0 Å². The van der Waals surface area contributed by atoms with Crippen LogP contribution >= 0.6 is 12.2 Å².